The number of hydrogen-bond acceptors (Lipinski definition) is 3. The van der Waals surface area contributed by atoms with Gasteiger partial charge in [0.05, 0.1) is 0 Å². The second-order valence-corrected chi connectivity index (χ2v) is 4.95. The molecule has 1 aromatic carbocycles. The highest BCUT2D eigenvalue weighted by molar-refractivity contribution is 6.30. The SMILES string of the molecule is Cc1ccc(Cl)cc1Oc1nc2ccccn2c1C(=O)O. The second kappa shape index (κ2) is 5.10. The predicted octanol–water partition coefficient (Wildman–Crippen LogP) is 3.79. The van der Waals surface area contributed by atoms with Crippen LogP contribution in [0.4, 0.5) is 0 Å². The molecule has 0 unspecified atom stereocenters. The van der Waals surface area contributed by atoms with Gasteiger partial charge in [0, 0.05) is 11.2 Å². The molecule has 0 radical (unpaired) electrons. The molecule has 1 N–H and O–H groups in total. The lowest BCUT2D eigenvalue weighted by Crippen LogP contribution is -2.03. The van der Waals surface area contributed by atoms with E-state index in [1.165, 1.54) is 4.40 Å². The number of fused-ring (bicyclic) bond motifs is 1. The summed E-state index contributed by atoms with van der Waals surface area (Å²) in [6.07, 6.45) is 1.63. The number of carboxylic acid groups (broad SMARTS) is 1. The summed E-state index contributed by atoms with van der Waals surface area (Å²) in [6, 6.07) is 10.4. The van der Waals surface area contributed by atoms with Gasteiger partial charge in [-0.1, -0.05) is 23.7 Å². The first kappa shape index (κ1) is 13.5. The van der Waals surface area contributed by atoms with Crippen molar-refractivity contribution in [2.75, 3.05) is 0 Å². The first-order valence-corrected chi connectivity index (χ1v) is 6.58. The van der Waals surface area contributed by atoms with E-state index < -0.39 is 5.97 Å². The van der Waals surface area contributed by atoms with Gasteiger partial charge in [-0.05, 0) is 36.8 Å². The third-order valence-corrected chi connectivity index (χ3v) is 3.29. The van der Waals surface area contributed by atoms with E-state index >= 15 is 0 Å². The van der Waals surface area contributed by atoms with E-state index in [1.54, 1.807) is 42.6 Å². The minimum atomic E-state index is -1.11. The Bertz CT molecular complexity index is 842. The van der Waals surface area contributed by atoms with Crippen LogP contribution in [0.25, 0.3) is 5.65 Å². The quantitative estimate of drug-likeness (QED) is 0.799. The van der Waals surface area contributed by atoms with Gasteiger partial charge < -0.3 is 9.84 Å². The molecule has 3 aromatic rings. The molecule has 0 bridgehead atoms. The van der Waals surface area contributed by atoms with E-state index in [1.807, 2.05) is 6.92 Å². The molecule has 0 amide bonds. The van der Waals surface area contributed by atoms with Crippen molar-refractivity contribution in [2.24, 2.45) is 0 Å². The Morgan fingerprint density at radius 1 is 1.33 bits per heavy atom. The second-order valence-electron chi connectivity index (χ2n) is 4.51. The monoisotopic (exact) mass is 302 g/mol. The number of nitrogens with zero attached hydrogens (tertiary/aromatic N) is 2. The summed E-state index contributed by atoms with van der Waals surface area (Å²) in [7, 11) is 0. The van der Waals surface area contributed by atoms with Crippen LogP contribution < -0.4 is 4.74 Å². The molecule has 0 saturated carbocycles. The number of rotatable bonds is 3. The first-order valence-electron chi connectivity index (χ1n) is 6.20. The van der Waals surface area contributed by atoms with E-state index in [2.05, 4.69) is 4.98 Å². The Morgan fingerprint density at radius 3 is 2.90 bits per heavy atom. The fraction of sp³-hybridized carbons (Fsp3) is 0.0667. The van der Waals surface area contributed by atoms with Crippen molar-refractivity contribution in [2.45, 2.75) is 6.92 Å². The fourth-order valence-corrected chi connectivity index (χ4v) is 2.19. The molecule has 0 saturated heterocycles. The van der Waals surface area contributed by atoms with E-state index in [0.717, 1.165) is 5.56 Å². The van der Waals surface area contributed by atoms with Gasteiger partial charge in [-0.15, -0.1) is 0 Å². The molecule has 0 aliphatic rings. The maximum Gasteiger partial charge on any atom is 0.358 e. The lowest BCUT2D eigenvalue weighted by molar-refractivity contribution is 0.0686. The van der Waals surface area contributed by atoms with E-state index in [-0.39, 0.29) is 11.6 Å². The maximum atomic E-state index is 11.5. The molecule has 0 fully saturated rings. The van der Waals surface area contributed by atoms with E-state index in [9.17, 15) is 9.90 Å². The molecule has 0 aliphatic carbocycles. The van der Waals surface area contributed by atoms with E-state index in [0.29, 0.717) is 16.4 Å². The molecule has 21 heavy (non-hydrogen) atoms. The van der Waals surface area contributed by atoms with Crippen molar-refractivity contribution in [3.05, 3.63) is 58.9 Å². The molecule has 6 heteroatoms. The van der Waals surface area contributed by atoms with Crippen molar-refractivity contribution in [3.8, 4) is 11.6 Å². The minimum Gasteiger partial charge on any atom is -0.476 e. The number of imidazole rings is 1. The van der Waals surface area contributed by atoms with Crippen LogP contribution in [0.5, 0.6) is 11.6 Å². The van der Waals surface area contributed by atoms with Gasteiger partial charge in [0.25, 0.3) is 5.88 Å². The topological polar surface area (TPSA) is 63.8 Å². The molecule has 2 aromatic heterocycles. The summed E-state index contributed by atoms with van der Waals surface area (Å²) in [4.78, 5) is 15.7. The molecule has 0 spiro atoms. The van der Waals surface area contributed by atoms with Crippen molar-refractivity contribution >= 4 is 23.2 Å². The Labute approximate surface area is 125 Å². The summed E-state index contributed by atoms with van der Waals surface area (Å²) >= 11 is 5.94. The highest BCUT2D eigenvalue weighted by Gasteiger charge is 2.21. The molecule has 0 atom stereocenters. The third kappa shape index (κ3) is 2.43. The number of pyridine rings is 1. The fourth-order valence-electron chi connectivity index (χ4n) is 2.03. The number of carboxylic acids is 1. The van der Waals surface area contributed by atoms with Crippen molar-refractivity contribution in [1.82, 2.24) is 9.38 Å². The predicted molar refractivity (Wildman–Crippen MR) is 78.4 cm³/mol. The first-order chi connectivity index (χ1) is 10.1. The Hall–Kier alpha value is -2.53. The molecular formula is C15H11ClN2O3. The molecule has 5 nitrogen and oxygen atoms in total. The average molecular weight is 303 g/mol. The Kier molecular flexibility index (Phi) is 3.27. The molecule has 106 valence electrons. The zero-order valence-electron chi connectivity index (χ0n) is 11.1. The summed E-state index contributed by atoms with van der Waals surface area (Å²) in [5.41, 5.74) is 1.32. The van der Waals surface area contributed by atoms with Crippen LogP contribution in [-0.2, 0) is 0 Å². The van der Waals surface area contributed by atoms with Gasteiger partial charge >= 0.3 is 5.97 Å². The number of hydrogen-bond donors (Lipinski definition) is 1. The average Bonchev–Trinajstić information content (AvgIpc) is 2.80. The lowest BCUT2D eigenvalue weighted by Gasteiger charge is -2.07. The standard InChI is InChI=1S/C15H11ClN2O3/c1-9-5-6-10(16)8-11(9)21-14-13(15(19)20)18-7-3-2-4-12(18)17-14/h2-8H,1H3,(H,19,20). The molecule has 3 rings (SSSR count). The van der Waals surface area contributed by atoms with Crippen LogP contribution in [0.2, 0.25) is 5.02 Å². The lowest BCUT2D eigenvalue weighted by atomic mass is 10.2. The van der Waals surface area contributed by atoms with E-state index in [4.69, 9.17) is 16.3 Å². The van der Waals surface area contributed by atoms with Crippen LogP contribution in [0.1, 0.15) is 16.1 Å². The number of benzene rings is 1. The summed E-state index contributed by atoms with van der Waals surface area (Å²) in [5, 5.41) is 9.90. The molecule has 0 aliphatic heterocycles. The van der Waals surface area contributed by atoms with Gasteiger partial charge in [-0.2, -0.15) is 4.98 Å². The molecular weight excluding hydrogens is 292 g/mol. The minimum absolute atomic E-state index is 0.0232. The largest absolute Gasteiger partial charge is 0.476 e. The van der Waals surface area contributed by atoms with Crippen LogP contribution >= 0.6 is 11.6 Å². The van der Waals surface area contributed by atoms with Gasteiger partial charge in [0.15, 0.2) is 5.69 Å². The summed E-state index contributed by atoms with van der Waals surface area (Å²) in [5.74, 6) is -0.587. The number of aromatic carboxylic acids is 1. The Morgan fingerprint density at radius 2 is 2.14 bits per heavy atom. The van der Waals surface area contributed by atoms with Gasteiger partial charge in [-0.3, -0.25) is 4.40 Å². The van der Waals surface area contributed by atoms with Crippen LogP contribution in [0.3, 0.4) is 0 Å². The van der Waals surface area contributed by atoms with Crippen molar-refractivity contribution in [1.29, 1.82) is 0 Å². The normalized spacial score (nSPS) is 10.8. The van der Waals surface area contributed by atoms with Crippen molar-refractivity contribution < 1.29 is 14.6 Å². The molecule has 2 heterocycles. The van der Waals surface area contributed by atoms with Crippen molar-refractivity contribution in [3.63, 3.8) is 0 Å². The van der Waals surface area contributed by atoms with Crippen LogP contribution in [0, 0.1) is 6.92 Å². The number of ether oxygens (including phenoxy) is 1. The highest BCUT2D eigenvalue weighted by atomic mass is 35.5. The van der Waals surface area contributed by atoms with Crippen LogP contribution in [-0.4, -0.2) is 20.5 Å². The summed E-state index contributed by atoms with van der Waals surface area (Å²) < 4.78 is 7.14. The highest BCUT2D eigenvalue weighted by Crippen LogP contribution is 2.30. The smallest absolute Gasteiger partial charge is 0.358 e. The van der Waals surface area contributed by atoms with Gasteiger partial charge in [0.1, 0.15) is 11.4 Å². The number of carbonyl (C=O) groups is 1. The number of halogens is 1. The van der Waals surface area contributed by atoms with Gasteiger partial charge in [0.2, 0.25) is 0 Å². The number of aryl methyl sites for hydroxylation is 1. The number of aromatic nitrogens is 2. The zero-order valence-corrected chi connectivity index (χ0v) is 11.8. The zero-order chi connectivity index (χ0) is 15.0. The van der Waals surface area contributed by atoms with Crippen LogP contribution in [0.15, 0.2) is 42.6 Å². The third-order valence-electron chi connectivity index (χ3n) is 3.06. The summed E-state index contributed by atoms with van der Waals surface area (Å²) in [6.45, 7) is 1.85. The van der Waals surface area contributed by atoms with Gasteiger partial charge in [-0.25, -0.2) is 4.79 Å². The maximum absolute atomic E-state index is 11.5. The Balaban J connectivity index is 2.14.